The van der Waals surface area contributed by atoms with Crippen LogP contribution in [0.15, 0.2) is 73.1 Å². The fraction of sp³-hybridized carbons (Fsp3) is 0.500. The summed E-state index contributed by atoms with van der Waals surface area (Å²) < 4.78 is 5.00. The number of hydrogen-bond acceptors (Lipinski definition) is 0. The molecule has 0 N–H and O–H groups in total. The van der Waals surface area contributed by atoms with Crippen LogP contribution in [0.2, 0.25) is 0 Å². The predicted octanol–water partition coefficient (Wildman–Crippen LogP) is 7.53. The van der Waals surface area contributed by atoms with Gasteiger partial charge in [0.2, 0.25) is 0 Å². The van der Waals surface area contributed by atoms with Crippen molar-refractivity contribution in [1.82, 2.24) is 4.57 Å². The minimum absolute atomic E-state index is 1.01. The van der Waals surface area contributed by atoms with Gasteiger partial charge in [-0.15, -0.1) is 0 Å². The van der Waals surface area contributed by atoms with Crippen LogP contribution in [0.25, 0.3) is 0 Å². The van der Waals surface area contributed by atoms with Crippen molar-refractivity contribution in [3.05, 3.63) is 90.0 Å². The van der Waals surface area contributed by atoms with Crippen molar-refractivity contribution in [2.75, 3.05) is 0 Å². The van der Waals surface area contributed by atoms with Crippen molar-refractivity contribution >= 4 is 0 Å². The van der Waals surface area contributed by atoms with Gasteiger partial charge in [0.25, 0.3) is 5.82 Å². The lowest BCUT2D eigenvalue weighted by atomic mass is 10.1. The number of unbranched alkanes of at least 4 members (excludes halogenated alkanes) is 8. The summed E-state index contributed by atoms with van der Waals surface area (Å²) in [6, 6.07) is 21.8. The van der Waals surface area contributed by atoms with Crippen molar-refractivity contribution < 1.29 is 4.57 Å². The Balaban J connectivity index is 1.50. The number of aryl methyl sites for hydroxylation is 3. The molecule has 0 aliphatic heterocycles. The monoisotopic (exact) mass is 431 g/mol. The van der Waals surface area contributed by atoms with E-state index >= 15 is 0 Å². The summed E-state index contributed by atoms with van der Waals surface area (Å²) in [5.41, 5.74) is 2.84. The number of hydrogen-bond donors (Lipinski definition) is 0. The second-order valence-corrected chi connectivity index (χ2v) is 9.18. The summed E-state index contributed by atoms with van der Waals surface area (Å²) in [6.45, 7) is 4.52. The highest BCUT2D eigenvalue weighted by atomic mass is 15.1. The van der Waals surface area contributed by atoms with Crippen LogP contribution in [-0.2, 0) is 25.9 Å². The molecule has 0 bridgehead atoms. The van der Waals surface area contributed by atoms with Crippen LogP contribution in [-0.4, -0.2) is 4.57 Å². The second-order valence-electron chi connectivity index (χ2n) is 9.18. The molecule has 1 heterocycles. The first kappa shape index (κ1) is 24.3. The molecule has 3 rings (SSSR count). The number of rotatable bonds is 16. The molecule has 2 heteroatoms. The van der Waals surface area contributed by atoms with Crippen molar-refractivity contribution in [2.24, 2.45) is 0 Å². The van der Waals surface area contributed by atoms with Crippen LogP contribution in [0.4, 0.5) is 0 Å². The molecule has 32 heavy (non-hydrogen) atoms. The van der Waals surface area contributed by atoms with Crippen LogP contribution < -0.4 is 4.57 Å². The fourth-order valence-corrected chi connectivity index (χ4v) is 4.58. The Labute approximate surface area is 196 Å². The normalized spacial score (nSPS) is 11.2. The van der Waals surface area contributed by atoms with Gasteiger partial charge in [0, 0.05) is 0 Å². The van der Waals surface area contributed by atoms with Gasteiger partial charge in [-0.2, -0.15) is 0 Å². The highest BCUT2D eigenvalue weighted by Crippen LogP contribution is 2.12. The second kappa shape index (κ2) is 14.7. The van der Waals surface area contributed by atoms with Gasteiger partial charge in [-0.3, -0.25) is 0 Å². The lowest BCUT2D eigenvalue weighted by molar-refractivity contribution is -0.703. The van der Waals surface area contributed by atoms with Gasteiger partial charge >= 0.3 is 0 Å². The fourth-order valence-electron chi connectivity index (χ4n) is 4.58. The first-order chi connectivity index (χ1) is 15.9. The molecule has 0 aliphatic carbocycles. The van der Waals surface area contributed by atoms with E-state index in [1.165, 1.54) is 81.2 Å². The van der Waals surface area contributed by atoms with Crippen LogP contribution in [0.5, 0.6) is 0 Å². The molecule has 0 spiro atoms. The number of nitrogens with zero attached hydrogens (tertiary/aromatic N) is 2. The van der Waals surface area contributed by atoms with Gasteiger partial charge in [-0.05, 0) is 36.8 Å². The first-order valence-corrected chi connectivity index (χ1v) is 13.0. The van der Waals surface area contributed by atoms with E-state index in [0.29, 0.717) is 0 Å². The predicted molar refractivity (Wildman–Crippen MR) is 136 cm³/mol. The topological polar surface area (TPSA) is 8.81 Å². The van der Waals surface area contributed by atoms with Gasteiger partial charge in [-0.1, -0.05) is 113 Å². The standard InChI is InChI=1S/C30H43N2/c1-2-3-4-5-6-7-8-9-16-23-31-25-26-32(24-17-22-28-18-12-10-13-19-28)30(31)27-29-20-14-11-15-21-29/h10-15,18-21,25-26H,2-9,16-17,22-24,27H2,1H3/q+1. The third kappa shape index (κ3) is 8.65. The molecule has 3 aromatic rings. The Morgan fingerprint density at radius 1 is 0.656 bits per heavy atom. The molecule has 0 aliphatic rings. The minimum Gasteiger partial charge on any atom is -0.234 e. The molecule has 0 radical (unpaired) electrons. The Bertz CT molecular complexity index is 851. The van der Waals surface area contributed by atoms with E-state index in [4.69, 9.17) is 0 Å². The smallest absolute Gasteiger partial charge is 0.234 e. The molecular formula is C30H43N2+. The lowest BCUT2D eigenvalue weighted by Gasteiger charge is -2.07. The SMILES string of the molecule is CCCCCCCCCCCn1cc[n+](CCCc2ccccc2)c1Cc1ccccc1. The van der Waals surface area contributed by atoms with Crippen LogP contribution >= 0.6 is 0 Å². The molecule has 0 saturated carbocycles. The highest BCUT2D eigenvalue weighted by molar-refractivity contribution is 5.18. The summed E-state index contributed by atoms with van der Waals surface area (Å²) in [7, 11) is 0. The Morgan fingerprint density at radius 3 is 1.91 bits per heavy atom. The molecule has 0 atom stereocenters. The molecular weight excluding hydrogens is 388 g/mol. The van der Waals surface area contributed by atoms with Gasteiger partial charge in [0.05, 0.1) is 19.5 Å². The van der Waals surface area contributed by atoms with Gasteiger partial charge < -0.3 is 0 Å². The Hall–Kier alpha value is -2.35. The van der Waals surface area contributed by atoms with Crippen molar-refractivity contribution in [1.29, 1.82) is 0 Å². The number of aromatic nitrogens is 2. The molecule has 0 unspecified atom stereocenters. The van der Waals surface area contributed by atoms with Crippen LogP contribution in [0, 0.1) is 0 Å². The van der Waals surface area contributed by atoms with E-state index in [2.05, 4.69) is 89.1 Å². The van der Waals surface area contributed by atoms with E-state index in [1.54, 1.807) is 0 Å². The van der Waals surface area contributed by atoms with Crippen molar-refractivity contribution in [3.63, 3.8) is 0 Å². The summed E-state index contributed by atoms with van der Waals surface area (Å²) in [4.78, 5) is 0. The third-order valence-electron chi connectivity index (χ3n) is 6.50. The summed E-state index contributed by atoms with van der Waals surface area (Å²) in [6.07, 6.45) is 20.4. The maximum Gasteiger partial charge on any atom is 0.260 e. The first-order valence-electron chi connectivity index (χ1n) is 13.0. The van der Waals surface area contributed by atoms with E-state index in [0.717, 1.165) is 25.9 Å². The summed E-state index contributed by atoms with van der Waals surface area (Å²) in [5.74, 6) is 1.45. The van der Waals surface area contributed by atoms with E-state index in [-0.39, 0.29) is 0 Å². The molecule has 0 amide bonds. The largest absolute Gasteiger partial charge is 0.260 e. The zero-order valence-electron chi connectivity index (χ0n) is 20.2. The minimum atomic E-state index is 1.01. The molecule has 0 fully saturated rings. The van der Waals surface area contributed by atoms with Gasteiger partial charge in [0.15, 0.2) is 0 Å². The Morgan fingerprint density at radius 2 is 1.25 bits per heavy atom. The summed E-state index contributed by atoms with van der Waals surface area (Å²) in [5, 5.41) is 0. The average molecular weight is 432 g/mol. The molecule has 2 aromatic carbocycles. The lowest BCUT2D eigenvalue weighted by Crippen LogP contribution is -2.37. The molecule has 172 valence electrons. The van der Waals surface area contributed by atoms with E-state index in [1.807, 2.05) is 0 Å². The van der Waals surface area contributed by atoms with Crippen molar-refractivity contribution in [2.45, 2.75) is 97.1 Å². The number of imidazole rings is 1. The number of benzene rings is 2. The molecule has 1 aromatic heterocycles. The van der Waals surface area contributed by atoms with Crippen molar-refractivity contribution in [3.8, 4) is 0 Å². The quantitative estimate of drug-likeness (QED) is 0.164. The summed E-state index contributed by atoms with van der Waals surface area (Å²) >= 11 is 0. The average Bonchev–Trinajstić information content (AvgIpc) is 3.20. The van der Waals surface area contributed by atoms with Crippen LogP contribution in [0.3, 0.4) is 0 Å². The van der Waals surface area contributed by atoms with Gasteiger partial charge in [-0.25, -0.2) is 9.13 Å². The Kier molecular flexibility index (Phi) is 11.1. The van der Waals surface area contributed by atoms with Crippen LogP contribution in [0.1, 0.15) is 88.1 Å². The third-order valence-corrected chi connectivity index (χ3v) is 6.50. The molecule has 2 nitrogen and oxygen atoms in total. The van der Waals surface area contributed by atoms with Gasteiger partial charge in [0.1, 0.15) is 12.4 Å². The van der Waals surface area contributed by atoms with E-state index in [9.17, 15) is 0 Å². The molecule has 0 saturated heterocycles. The maximum atomic E-state index is 2.51. The maximum absolute atomic E-state index is 2.51. The zero-order valence-corrected chi connectivity index (χ0v) is 20.2. The highest BCUT2D eigenvalue weighted by Gasteiger charge is 2.17. The van der Waals surface area contributed by atoms with E-state index < -0.39 is 0 Å². The zero-order chi connectivity index (χ0) is 22.3.